The third-order valence-corrected chi connectivity index (χ3v) is 2.02. The fraction of sp³-hybridized carbons (Fsp3) is 0.385. The molecule has 0 unspecified atom stereocenters. The zero-order valence-corrected chi connectivity index (χ0v) is 10.3. The Labute approximate surface area is 106 Å². The summed E-state index contributed by atoms with van der Waals surface area (Å²) < 4.78 is 15.0. The first-order valence-corrected chi connectivity index (χ1v) is 5.74. The Kier molecular flexibility index (Phi) is 6.50. The fourth-order valence-corrected chi connectivity index (χ4v) is 1.23. The molecule has 0 fully saturated rings. The molecule has 1 N–H and O–H groups in total. The number of benzene rings is 1. The molecule has 18 heavy (non-hydrogen) atoms. The molecule has 1 aromatic rings. The number of nitrogens with one attached hydrogen (secondary N) is 1. The maximum absolute atomic E-state index is 11.5. The van der Waals surface area contributed by atoms with Crippen molar-refractivity contribution < 1.29 is 19.0 Å². The molecule has 0 atom stereocenters. The Hall–Kier alpha value is -1.88. The predicted octanol–water partition coefficient (Wildman–Crippen LogP) is 1.87. The number of carbonyl (C=O) groups excluding carboxylic acids is 1. The van der Waals surface area contributed by atoms with Gasteiger partial charge in [-0.3, -0.25) is 5.41 Å². The molecular formula is C13H17NO4. The van der Waals surface area contributed by atoms with Gasteiger partial charge >= 0.3 is 5.97 Å². The lowest BCUT2D eigenvalue weighted by Crippen LogP contribution is -2.16. The second kappa shape index (κ2) is 8.25. The van der Waals surface area contributed by atoms with Crippen LogP contribution in [0.5, 0.6) is 0 Å². The van der Waals surface area contributed by atoms with Crippen molar-refractivity contribution >= 4 is 11.9 Å². The summed E-state index contributed by atoms with van der Waals surface area (Å²) in [7, 11) is 0. The smallest absolute Gasteiger partial charge is 0.338 e. The van der Waals surface area contributed by atoms with E-state index < -0.39 is 0 Å². The van der Waals surface area contributed by atoms with Crippen molar-refractivity contribution in [3.05, 3.63) is 35.9 Å². The fourth-order valence-electron chi connectivity index (χ4n) is 1.23. The van der Waals surface area contributed by atoms with Crippen molar-refractivity contribution in [2.24, 2.45) is 0 Å². The van der Waals surface area contributed by atoms with Gasteiger partial charge in [0, 0.05) is 0 Å². The number of esters is 1. The van der Waals surface area contributed by atoms with Crippen LogP contribution in [0.1, 0.15) is 17.3 Å². The molecule has 5 nitrogen and oxygen atoms in total. The summed E-state index contributed by atoms with van der Waals surface area (Å²) in [6.07, 6.45) is 0. The molecule has 1 aromatic carbocycles. The second-order valence-electron chi connectivity index (χ2n) is 3.41. The van der Waals surface area contributed by atoms with Crippen molar-refractivity contribution in [3.8, 4) is 0 Å². The highest BCUT2D eigenvalue weighted by molar-refractivity contribution is 5.89. The van der Waals surface area contributed by atoms with Crippen LogP contribution < -0.4 is 0 Å². The standard InChI is InChI=1S/C13H17NO4/c1-2-17-12(14)10-16-8-9-18-13(15)11-6-4-3-5-7-11/h3-7,14H,2,8-10H2,1H3. The van der Waals surface area contributed by atoms with Crippen molar-refractivity contribution in [3.63, 3.8) is 0 Å². The minimum Gasteiger partial charge on any atom is -0.480 e. The van der Waals surface area contributed by atoms with Crippen LogP contribution in [-0.2, 0) is 14.2 Å². The van der Waals surface area contributed by atoms with Gasteiger partial charge in [-0.05, 0) is 19.1 Å². The molecule has 98 valence electrons. The number of hydrogen-bond acceptors (Lipinski definition) is 5. The second-order valence-corrected chi connectivity index (χ2v) is 3.41. The van der Waals surface area contributed by atoms with E-state index in [1.165, 1.54) is 0 Å². The third kappa shape index (κ3) is 5.45. The van der Waals surface area contributed by atoms with E-state index in [-0.39, 0.29) is 31.7 Å². The van der Waals surface area contributed by atoms with Crippen LogP contribution in [0.25, 0.3) is 0 Å². The van der Waals surface area contributed by atoms with Crippen LogP contribution in [0.15, 0.2) is 30.3 Å². The van der Waals surface area contributed by atoms with Crippen LogP contribution >= 0.6 is 0 Å². The van der Waals surface area contributed by atoms with Crippen LogP contribution in [0.2, 0.25) is 0 Å². The van der Waals surface area contributed by atoms with Gasteiger partial charge in [-0.15, -0.1) is 0 Å². The predicted molar refractivity (Wildman–Crippen MR) is 66.9 cm³/mol. The van der Waals surface area contributed by atoms with Gasteiger partial charge in [0.05, 0.1) is 18.8 Å². The SMILES string of the molecule is CCOC(=N)COCCOC(=O)c1ccccc1. The summed E-state index contributed by atoms with van der Waals surface area (Å²) in [4.78, 5) is 11.5. The molecule has 0 aliphatic rings. The Morgan fingerprint density at radius 3 is 2.56 bits per heavy atom. The quantitative estimate of drug-likeness (QED) is 0.347. The van der Waals surface area contributed by atoms with Crippen LogP contribution in [-0.4, -0.2) is 38.3 Å². The first kappa shape index (κ1) is 14.2. The first-order chi connectivity index (χ1) is 8.74. The van der Waals surface area contributed by atoms with Gasteiger partial charge in [0.25, 0.3) is 0 Å². The lowest BCUT2D eigenvalue weighted by Gasteiger charge is -2.07. The molecule has 0 bridgehead atoms. The van der Waals surface area contributed by atoms with Gasteiger partial charge in [0.1, 0.15) is 13.2 Å². The average Bonchev–Trinajstić information content (AvgIpc) is 2.39. The summed E-state index contributed by atoms with van der Waals surface area (Å²) in [5.74, 6) is -0.300. The molecule has 0 spiro atoms. The minimum absolute atomic E-state index is 0.0758. The van der Waals surface area contributed by atoms with Gasteiger partial charge in [-0.25, -0.2) is 4.79 Å². The van der Waals surface area contributed by atoms with Crippen molar-refractivity contribution in [2.75, 3.05) is 26.4 Å². The Morgan fingerprint density at radius 2 is 1.89 bits per heavy atom. The maximum Gasteiger partial charge on any atom is 0.338 e. The summed E-state index contributed by atoms with van der Waals surface area (Å²) in [6, 6.07) is 8.76. The molecular weight excluding hydrogens is 234 g/mol. The van der Waals surface area contributed by atoms with Gasteiger partial charge in [-0.1, -0.05) is 18.2 Å². The minimum atomic E-state index is -0.376. The van der Waals surface area contributed by atoms with E-state index in [0.717, 1.165) is 0 Å². The third-order valence-electron chi connectivity index (χ3n) is 2.02. The van der Waals surface area contributed by atoms with Crippen LogP contribution in [0.4, 0.5) is 0 Å². The first-order valence-electron chi connectivity index (χ1n) is 5.74. The van der Waals surface area contributed by atoms with E-state index in [2.05, 4.69) is 0 Å². The highest BCUT2D eigenvalue weighted by Crippen LogP contribution is 2.00. The van der Waals surface area contributed by atoms with E-state index in [1.54, 1.807) is 31.2 Å². The number of carbonyl (C=O) groups is 1. The van der Waals surface area contributed by atoms with Gasteiger partial charge < -0.3 is 14.2 Å². The Morgan fingerprint density at radius 1 is 1.17 bits per heavy atom. The van der Waals surface area contributed by atoms with E-state index in [4.69, 9.17) is 19.6 Å². The maximum atomic E-state index is 11.5. The summed E-state index contributed by atoms with van der Waals surface area (Å²) >= 11 is 0. The highest BCUT2D eigenvalue weighted by Gasteiger charge is 2.05. The van der Waals surface area contributed by atoms with Crippen molar-refractivity contribution in [2.45, 2.75) is 6.92 Å². The lowest BCUT2D eigenvalue weighted by molar-refractivity contribution is 0.0350. The van der Waals surface area contributed by atoms with Gasteiger partial charge in [0.2, 0.25) is 5.90 Å². The molecule has 0 radical (unpaired) electrons. The summed E-state index contributed by atoms with van der Waals surface area (Å²) in [5.41, 5.74) is 0.513. The molecule has 0 saturated heterocycles. The molecule has 1 rings (SSSR count). The Balaban J connectivity index is 2.11. The van der Waals surface area contributed by atoms with E-state index in [9.17, 15) is 4.79 Å². The van der Waals surface area contributed by atoms with Crippen molar-refractivity contribution in [1.29, 1.82) is 5.41 Å². The summed E-state index contributed by atoms with van der Waals surface area (Å²) in [5, 5.41) is 7.29. The molecule has 0 aromatic heterocycles. The molecule has 0 aliphatic carbocycles. The highest BCUT2D eigenvalue weighted by atomic mass is 16.6. The Bertz CT molecular complexity index is 378. The molecule has 0 aliphatic heterocycles. The summed E-state index contributed by atoms with van der Waals surface area (Å²) in [6.45, 7) is 2.75. The van der Waals surface area contributed by atoms with E-state index in [0.29, 0.717) is 12.2 Å². The lowest BCUT2D eigenvalue weighted by atomic mass is 10.2. The monoisotopic (exact) mass is 251 g/mol. The normalized spacial score (nSPS) is 9.83. The molecule has 0 saturated carbocycles. The molecule has 5 heteroatoms. The zero-order valence-electron chi connectivity index (χ0n) is 10.3. The molecule has 0 heterocycles. The number of hydrogen-bond donors (Lipinski definition) is 1. The van der Waals surface area contributed by atoms with E-state index >= 15 is 0 Å². The molecule has 0 amide bonds. The largest absolute Gasteiger partial charge is 0.480 e. The van der Waals surface area contributed by atoms with Gasteiger partial charge in [0.15, 0.2) is 0 Å². The average molecular weight is 251 g/mol. The topological polar surface area (TPSA) is 68.6 Å². The van der Waals surface area contributed by atoms with Crippen LogP contribution in [0.3, 0.4) is 0 Å². The van der Waals surface area contributed by atoms with E-state index in [1.807, 2.05) is 6.07 Å². The number of ether oxygens (including phenoxy) is 3. The van der Waals surface area contributed by atoms with Gasteiger partial charge in [-0.2, -0.15) is 0 Å². The number of rotatable bonds is 7. The van der Waals surface area contributed by atoms with Crippen LogP contribution in [0, 0.1) is 5.41 Å². The van der Waals surface area contributed by atoms with Crippen molar-refractivity contribution in [1.82, 2.24) is 0 Å². The zero-order chi connectivity index (χ0) is 13.2.